The van der Waals surface area contributed by atoms with Gasteiger partial charge in [0, 0.05) is 28.7 Å². The molecule has 1 N–H and O–H groups in total. The van der Waals surface area contributed by atoms with E-state index >= 15 is 0 Å². The summed E-state index contributed by atoms with van der Waals surface area (Å²) in [5.41, 5.74) is 3.35. The Balaban J connectivity index is 2.04. The van der Waals surface area contributed by atoms with Gasteiger partial charge >= 0.3 is 5.97 Å². The highest BCUT2D eigenvalue weighted by Crippen LogP contribution is 2.21. The van der Waals surface area contributed by atoms with Crippen LogP contribution in [0.15, 0.2) is 30.3 Å². The first-order valence-electron chi connectivity index (χ1n) is 8.93. The number of aromatic nitrogens is 1. The molecular weight excluding hydrogens is 344 g/mol. The fraction of sp³-hybridized carbons (Fsp3) is 0.381. The number of amides is 1. The summed E-state index contributed by atoms with van der Waals surface area (Å²) in [6.45, 7) is 10.9. The number of Topliss-reactive ketones (excluding diaryl/α,β-unsaturated/α-hetero) is 1. The highest BCUT2D eigenvalue weighted by Gasteiger charge is 2.23. The highest BCUT2D eigenvalue weighted by atomic mass is 16.5. The third-order valence-electron chi connectivity index (χ3n) is 4.43. The van der Waals surface area contributed by atoms with E-state index in [1.165, 1.54) is 13.8 Å². The van der Waals surface area contributed by atoms with Crippen molar-refractivity contribution in [2.75, 3.05) is 5.32 Å². The van der Waals surface area contributed by atoms with Crippen LogP contribution < -0.4 is 5.32 Å². The molecule has 1 amide bonds. The van der Waals surface area contributed by atoms with Crippen LogP contribution >= 0.6 is 0 Å². The lowest BCUT2D eigenvalue weighted by Gasteiger charge is -2.15. The predicted molar refractivity (Wildman–Crippen MR) is 104 cm³/mol. The maximum Gasteiger partial charge on any atom is 0.340 e. The zero-order chi connectivity index (χ0) is 20.3. The van der Waals surface area contributed by atoms with Crippen LogP contribution in [0.2, 0.25) is 0 Å². The monoisotopic (exact) mass is 370 g/mol. The molecule has 144 valence electrons. The third-order valence-corrected chi connectivity index (χ3v) is 4.43. The lowest BCUT2D eigenvalue weighted by Crippen LogP contribution is -2.30. The van der Waals surface area contributed by atoms with E-state index in [4.69, 9.17) is 4.74 Å². The van der Waals surface area contributed by atoms with E-state index < -0.39 is 18.0 Å². The number of nitrogens with zero attached hydrogens (tertiary/aromatic N) is 1. The van der Waals surface area contributed by atoms with E-state index in [0.717, 1.165) is 11.4 Å². The number of ketones is 1. The van der Waals surface area contributed by atoms with Crippen molar-refractivity contribution in [3.05, 3.63) is 52.8 Å². The van der Waals surface area contributed by atoms with Crippen LogP contribution in [-0.2, 0) is 9.53 Å². The molecule has 1 heterocycles. The Kier molecular flexibility index (Phi) is 6.20. The van der Waals surface area contributed by atoms with Crippen LogP contribution in [0.3, 0.4) is 0 Å². The van der Waals surface area contributed by atoms with Crippen molar-refractivity contribution >= 4 is 23.3 Å². The highest BCUT2D eigenvalue weighted by molar-refractivity contribution is 5.98. The van der Waals surface area contributed by atoms with Crippen molar-refractivity contribution in [2.45, 2.75) is 53.7 Å². The zero-order valence-electron chi connectivity index (χ0n) is 16.6. The van der Waals surface area contributed by atoms with Gasteiger partial charge < -0.3 is 14.6 Å². The smallest absolute Gasteiger partial charge is 0.340 e. The summed E-state index contributed by atoms with van der Waals surface area (Å²) in [5.74, 6) is -1.00. The van der Waals surface area contributed by atoms with Crippen LogP contribution in [0.25, 0.3) is 0 Å². The van der Waals surface area contributed by atoms with Crippen LogP contribution in [0, 0.1) is 13.8 Å². The molecule has 1 aromatic heterocycles. The number of esters is 1. The van der Waals surface area contributed by atoms with Crippen LogP contribution in [0.1, 0.15) is 65.8 Å². The fourth-order valence-corrected chi connectivity index (χ4v) is 3.09. The lowest BCUT2D eigenvalue weighted by atomic mass is 10.1. The standard InChI is InChI=1S/C21H26N2O4/c1-12(2)23-13(3)11-19(14(23)4)21(26)27-16(6)20(25)22-18-9-7-17(8-10-18)15(5)24/h7-12,16H,1-6H3,(H,22,25)/t16-/m0/s1. The number of nitrogens with one attached hydrogen (secondary N) is 1. The van der Waals surface area contributed by atoms with Gasteiger partial charge in [0.2, 0.25) is 0 Å². The average Bonchev–Trinajstić information content (AvgIpc) is 2.89. The molecule has 0 saturated carbocycles. The molecule has 0 spiro atoms. The van der Waals surface area contributed by atoms with E-state index in [9.17, 15) is 14.4 Å². The number of carbonyl (C=O) groups excluding carboxylic acids is 3. The molecule has 0 aliphatic rings. The molecule has 0 radical (unpaired) electrons. The van der Waals surface area contributed by atoms with Gasteiger partial charge in [-0.2, -0.15) is 0 Å². The molecule has 27 heavy (non-hydrogen) atoms. The number of aryl methyl sites for hydroxylation is 1. The largest absolute Gasteiger partial charge is 0.449 e. The molecule has 1 aromatic carbocycles. The number of carbonyl (C=O) groups is 3. The maximum absolute atomic E-state index is 12.5. The van der Waals surface area contributed by atoms with Crippen LogP contribution in [0.4, 0.5) is 5.69 Å². The molecule has 0 aliphatic heterocycles. The van der Waals surface area contributed by atoms with E-state index in [-0.39, 0.29) is 11.8 Å². The van der Waals surface area contributed by atoms with Crippen molar-refractivity contribution in [3.8, 4) is 0 Å². The van der Waals surface area contributed by atoms with E-state index in [1.54, 1.807) is 30.3 Å². The molecular formula is C21H26N2O4. The van der Waals surface area contributed by atoms with Crippen molar-refractivity contribution in [1.82, 2.24) is 4.57 Å². The van der Waals surface area contributed by atoms with Gasteiger partial charge in [0.05, 0.1) is 5.56 Å². The zero-order valence-corrected chi connectivity index (χ0v) is 16.6. The molecule has 0 aliphatic carbocycles. The maximum atomic E-state index is 12.5. The van der Waals surface area contributed by atoms with Crippen molar-refractivity contribution in [1.29, 1.82) is 0 Å². The quantitative estimate of drug-likeness (QED) is 0.614. The lowest BCUT2D eigenvalue weighted by molar-refractivity contribution is -0.123. The van der Waals surface area contributed by atoms with Crippen molar-refractivity contribution < 1.29 is 19.1 Å². The van der Waals surface area contributed by atoms with Gasteiger partial charge in [-0.3, -0.25) is 9.59 Å². The Hall–Kier alpha value is -2.89. The molecule has 0 unspecified atom stereocenters. The molecule has 6 nitrogen and oxygen atoms in total. The van der Waals surface area contributed by atoms with Gasteiger partial charge in [-0.05, 0) is 71.9 Å². The molecule has 2 rings (SSSR count). The summed E-state index contributed by atoms with van der Waals surface area (Å²) in [4.78, 5) is 36.1. The van der Waals surface area contributed by atoms with Gasteiger partial charge in [-0.15, -0.1) is 0 Å². The van der Waals surface area contributed by atoms with E-state index in [2.05, 4.69) is 9.88 Å². The molecule has 6 heteroatoms. The number of benzene rings is 1. The summed E-state index contributed by atoms with van der Waals surface area (Å²) in [6.07, 6.45) is -0.952. The first kappa shape index (κ1) is 20.4. The SMILES string of the molecule is CC(=O)c1ccc(NC(=O)[C@H](C)OC(=O)c2cc(C)n(C(C)C)c2C)cc1. The minimum Gasteiger partial charge on any atom is -0.449 e. The molecule has 0 fully saturated rings. The molecule has 0 saturated heterocycles. The number of anilines is 1. The Morgan fingerprint density at radius 3 is 2.11 bits per heavy atom. The molecule has 1 atom stereocenters. The average molecular weight is 370 g/mol. The number of hydrogen-bond donors (Lipinski definition) is 1. The van der Waals surface area contributed by atoms with Gasteiger partial charge in [0.25, 0.3) is 5.91 Å². The van der Waals surface area contributed by atoms with Crippen molar-refractivity contribution in [3.63, 3.8) is 0 Å². The number of hydrogen-bond acceptors (Lipinski definition) is 4. The first-order chi connectivity index (χ1) is 12.6. The van der Waals surface area contributed by atoms with Gasteiger partial charge in [-0.25, -0.2) is 4.79 Å². The second-order valence-corrected chi connectivity index (χ2v) is 6.92. The van der Waals surface area contributed by atoms with E-state index in [0.29, 0.717) is 16.8 Å². The minimum absolute atomic E-state index is 0.0471. The summed E-state index contributed by atoms with van der Waals surface area (Å²) >= 11 is 0. The van der Waals surface area contributed by atoms with Crippen LogP contribution in [-0.4, -0.2) is 28.3 Å². The summed E-state index contributed by atoms with van der Waals surface area (Å²) in [5, 5.41) is 2.68. The second-order valence-electron chi connectivity index (χ2n) is 6.92. The van der Waals surface area contributed by atoms with E-state index in [1.807, 2.05) is 27.7 Å². The van der Waals surface area contributed by atoms with Crippen molar-refractivity contribution in [2.24, 2.45) is 0 Å². The number of ether oxygens (including phenoxy) is 1. The Bertz CT molecular complexity index is 863. The van der Waals surface area contributed by atoms with Gasteiger partial charge in [-0.1, -0.05) is 0 Å². The predicted octanol–water partition coefficient (Wildman–Crippen LogP) is 4.07. The minimum atomic E-state index is -0.952. The van der Waals surface area contributed by atoms with Gasteiger partial charge in [0.1, 0.15) is 0 Å². The Morgan fingerprint density at radius 2 is 1.63 bits per heavy atom. The summed E-state index contributed by atoms with van der Waals surface area (Å²) in [7, 11) is 0. The van der Waals surface area contributed by atoms with Crippen LogP contribution in [0.5, 0.6) is 0 Å². The first-order valence-corrected chi connectivity index (χ1v) is 8.93. The third kappa shape index (κ3) is 4.64. The summed E-state index contributed by atoms with van der Waals surface area (Å²) in [6, 6.07) is 8.55. The topological polar surface area (TPSA) is 77.4 Å². The molecule has 0 bridgehead atoms. The second kappa shape index (κ2) is 8.20. The van der Waals surface area contributed by atoms with Gasteiger partial charge in [0.15, 0.2) is 11.9 Å². The Morgan fingerprint density at radius 1 is 1.04 bits per heavy atom. The Labute approximate surface area is 159 Å². The molecule has 2 aromatic rings. The normalized spacial score (nSPS) is 12.0. The fourth-order valence-electron chi connectivity index (χ4n) is 3.09. The summed E-state index contributed by atoms with van der Waals surface area (Å²) < 4.78 is 7.40. The number of rotatable bonds is 6.